The van der Waals surface area contributed by atoms with Crippen molar-refractivity contribution in [3.63, 3.8) is 0 Å². The second-order valence-electron chi connectivity index (χ2n) is 5.34. The minimum atomic E-state index is -0.0810. The van der Waals surface area contributed by atoms with Crippen LogP contribution in [-0.2, 0) is 4.79 Å². The van der Waals surface area contributed by atoms with Gasteiger partial charge in [0.05, 0.1) is 6.04 Å². The number of nitrogens with one attached hydrogen (secondary N) is 2. The van der Waals surface area contributed by atoms with Crippen molar-refractivity contribution in [2.75, 3.05) is 19.3 Å². The van der Waals surface area contributed by atoms with E-state index in [-0.39, 0.29) is 11.9 Å². The molecule has 0 aromatic heterocycles. The van der Waals surface area contributed by atoms with E-state index in [0.717, 1.165) is 19.5 Å². The first-order valence-corrected chi connectivity index (χ1v) is 8.42. The molecule has 3 nitrogen and oxygen atoms in total. The molecule has 1 atom stereocenters. The normalized spacial score (nSPS) is 20.4. The van der Waals surface area contributed by atoms with Crippen LogP contribution in [0.15, 0.2) is 0 Å². The highest BCUT2D eigenvalue weighted by atomic mass is 32.2. The Hall–Kier alpha value is -0.220. The molecule has 1 rings (SSSR count). The zero-order valence-corrected chi connectivity index (χ0v) is 12.9. The van der Waals surface area contributed by atoms with Gasteiger partial charge in [-0.3, -0.25) is 4.79 Å². The lowest BCUT2D eigenvalue weighted by atomic mass is 9.88. The summed E-state index contributed by atoms with van der Waals surface area (Å²) in [6.45, 7) is 5.76. The summed E-state index contributed by atoms with van der Waals surface area (Å²) in [4.78, 5) is 11.8. The lowest BCUT2D eigenvalue weighted by Gasteiger charge is -2.36. The van der Waals surface area contributed by atoms with Crippen LogP contribution in [0, 0.1) is 0 Å². The molecule has 0 heterocycles. The lowest BCUT2D eigenvalue weighted by Crippen LogP contribution is -2.48. The Bertz CT molecular complexity index is 252. The molecule has 0 aliphatic heterocycles. The van der Waals surface area contributed by atoms with E-state index in [4.69, 9.17) is 0 Å². The van der Waals surface area contributed by atoms with Crippen LogP contribution in [0.2, 0.25) is 0 Å². The molecule has 1 unspecified atom stereocenters. The Kier molecular flexibility index (Phi) is 7.08. The maximum Gasteiger partial charge on any atom is 0.236 e. The predicted octanol–water partition coefficient (Wildman–Crippen LogP) is 2.56. The standard InChI is InChI=1S/C14H28N2OS/c1-4-10-15-13(17)12(2)16-11-14(18-3)8-6-5-7-9-14/h12,16H,4-11H2,1-3H3,(H,15,17). The van der Waals surface area contributed by atoms with Gasteiger partial charge in [0.15, 0.2) is 0 Å². The quantitative estimate of drug-likeness (QED) is 0.748. The lowest BCUT2D eigenvalue weighted by molar-refractivity contribution is -0.122. The van der Waals surface area contributed by atoms with Gasteiger partial charge >= 0.3 is 0 Å². The topological polar surface area (TPSA) is 41.1 Å². The minimum absolute atomic E-state index is 0.0810. The van der Waals surface area contributed by atoms with Crippen LogP contribution in [0.3, 0.4) is 0 Å². The average Bonchev–Trinajstić information content (AvgIpc) is 2.43. The van der Waals surface area contributed by atoms with Crippen LogP contribution in [0.5, 0.6) is 0 Å². The molecule has 0 aromatic carbocycles. The van der Waals surface area contributed by atoms with Crippen LogP contribution in [-0.4, -0.2) is 36.0 Å². The van der Waals surface area contributed by atoms with Crippen LogP contribution in [0.1, 0.15) is 52.4 Å². The zero-order chi connectivity index (χ0) is 13.4. The molecule has 0 aromatic rings. The van der Waals surface area contributed by atoms with Gasteiger partial charge in [0, 0.05) is 17.8 Å². The van der Waals surface area contributed by atoms with Gasteiger partial charge in [-0.1, -0.05) is 26.2 Å². The Morgan fingerprint density at radius 1 is 1.33 bits per heavy atom. The summed E-state index contributed by atoms with van der Waals surface area (Å²) in [6, 6.07) is -0.0810. The van der Waals surface area contributed by atoms with Gasteiger partial charge in [-0.15, -0.1) is 0 Å². The van der Waals surface area contributed by atoms with Crippen molar-refractivity contribution < 1.29 is 4.79 Å². The van der Waals surface area contributed by atoms with Gasteiger partial charge in [0.25, 0.3) is 0 Å². The zero-order valence-electron chi connectivity index (χ0n) is 12.1. The summed E-state index contributed by atoms with van der Waals surface area (Å²) in [7, 11) is 0. The maximum atomic E-state index is 11.8. The molecular weight excluding hydrogens is 244 g/mol. The number of carbonyl (C=O) groups is 1. The van der Waals surface area contributed by atoms with Gasteiger partial charge in [-0.2, -0.15) is 11.8 Å². The minimum Gasteiger partial charge on any atom is -0.355 e. The van der Waals surface area contributed by atoms with Crippen LogP contribution >= 0.6 is 11.8 Å². The van der Waals surface area contributed by atoms with Crippen LogP contribution < -0.4 is 10.6 Å². The molecule has 18 heavy (non-hydrogen) atoms. The van der Waals surface area contributed by atoms with Gasteiger partial charge in [0.2, 0.25) is 5.91 Å². The third-order valence-electron chi connectivity index (χ3n) is 3.87. The van der Waals surface area contributed by atoms with Crippen molar-refractivity contribution in [3.8, 4) is 0 Å². The van der Waals surface area contributed by atoms with Crippen molar-refractivity contribution in [2.45, 2.75) is 63.2 Å². The monoisotopic (exact) mass is 272 g/mol. The predicted molar refractivity (Wildman–Crippen MR) is 80.1 cm³/mol. The third-order valence-corrected chi connectivity index (χ3v) is 5.29. The fraction of sp³-hybridized carbons (Fsp3) is 0.929. The molecule has 2 N–H and O–H groups in total. The largest absolute Gasteiger partial charge is 0.355 e. The average molecular weight is 272 g/mol. The number of thioether (sulfide) groups is 1. The van der Waals surface area contributed by atoms with Crippen molar-refractivity contribution >= 4 is 17.7 Å². The molecule has 106 valence electrons. The Morgan fingerprint density at radius 2 is 2.00 bits per heavy atom. The third kappa shape index (κ3) is 4.81. The molecule has 0 spiro atoms. The first kappa shape index (κ1) is 15.8. The Morgan fingerprint density at radius 3 is 2.56 bits per heavy atom. The van der Waals surface area contributed by atoms with E-state index in [9.17, 15) is 4.79 Å². The molecule has 0 saturated heterocycles. The molecular formula is C14H28N2OS. The smallest absolute Gasteiger partial charge is 0.236 e. The van der Waals surface area contributed by atoms with Crippen LogP contribution in [0.25, 0.3) is 0 Å². The summed E-state index contributed by atoms with van der Waals surface area (Å²) >= 11 is 1.97. The molecule has 1 aliphatic rings. The SMILES string of the molecule is CCCNC(=O)C(C)NCC1(SC)CCCCC1. The number of hydrogen-bond acceptors (Lipinski definition) is 3. The number of carbonyl (C=O) groups excluding carboxylic acids is 1. The van der Waals surface area contributed by atoms with E-state index in [1.807, 2.05) is 18.7 Å². The molecule has 4 heteroatoms. The van der Waals surface area contributed by atoms with Gasteiger partial charge in [-0.25, -0.2) is 0 Å². The Balaban J connectivity index is 2.35. The van der Waals surface area contributed by atoms with E-state index in [1.165, 1.54) is 32.1 Å². The highest BCUT2D eigenvalue weighted by molar-refractivity contribution is 8.00. The molecule has 0 radical (unpaired) electrons. The second kappa shape index (κ2) is 8.05. The van der Waals surface area contributed by atoms with E-state index in [2.05, 4.69) is 23.8 Å². The van der Waals surface area contributed by atoms with Crippen molar-refractivity contribution in [3.05, 3.63) is 0 Å². The van der Waals surface area contributed by atoms with Gasteiger partial charge < -0.3 is 10.6 Å². The highest BCUT2D eigenvalue weighted by Crippen LogP contribution is 2.37. The molecule has 1 saturated carbocycles. The molecule has 1 fully saturated rings. The number of amides is 1. The summed E-state index contributed by atoms with van der Waals surface area (Å²) in [5.74, 6) is 0.129. The van der Waals surface area contributed by atoms with Crippen LogP contribution in [0.4, 0.5) is 0 Å². The van der Waals surface area contributed by atoms with E-state index >= 15 is 0 Å². The summed E-state index contributed by atoms with van der Waals surface area (Å²) in [6.07, 6.45) is 9.80. The van der Waals surface area contributed by atoms with Crippen molar-refractivity contribution in [1.29, 1.82) is 0 Å². The first-order valence-electron chi connectivity index (χ1n) is 7.20. The van der Waals surface area contributed by atoms with Gasteiger partial charge in [-0.05, 0) is 32.4 Å². The van der Waals surface area contributed by atoms with Crippen molar-refractivity contribution in [2.24, 2.45) is 0 Å². The van der Waals surface area contributed by atoms with Gasteiger partial charge in [0.1, 0.15) is 0 Å². The molecule has 0 bridgehead atoms. The molecule has 1 aliphatic carbocycles. The number of hydrogen-bond donors (Lipinski definition) is 2. The number of rotatable bonds is 7. The maximum absolute atomic E-state index is 11.8. The molecule has 1 amide bonds. The second-order valence-corrected chi connectivity index (χ2v) is 6.62. The first-order chi connectivity index (χ1) is 8.63. The van der Waals surface area contributed by atoms with E-state index < -0.39 is 0 Å². The summed E-state index contributed by atoms with van der Waals surface area (Å²) < 4.78 is 0.359. The van der Waals surface area contributed by atoms with E-state index in [1.54, 1.807) is 0 Å². The fourth-order valence-electron chi connectivity index (χ4n) is 2.48. The Labute approximate surface area is 116 Å². The highest BCUT2D eigenvalue weighted by Gasteiger charge is 2.31. The summed E-state index contributed by atoms with van der Waals surface area (Å²) in [5, 5.41) is 6.36. The fourth-order valence-corrected chi connectivity index (χ4v) is 3.41. The van der Waals surface area contributed by atoms with E-state index in [0.29, 0.717) is 4.75 Å². The summed E-state index contributed by atoms with van der Waals surface area (Å²) in [5.41, 5.74) is 0. The van der Waals surface area contributed by atoms with Crippen molar-refractivity contribution in [1.82, 2.24) is 10.6 Å².